The molecular formula is C33H34N2O4S. The van der Waals surface area contributed by atoms with Gasteiger partial charge in [0.2, 0.25) is 5.91 Å². The summed E-state index contributed by atoms with van der Waals surface area (Å²) in [6, 6.07) is 27.8. The van der Waals surface area contributed by atoms with E-state index in [0.717, 1.165) is 34.4 Å². The summed E-state index contributed by atoms with van der Waals surface area (Å²) in [4.78, 5) is 32.1. The Morgan fingerprint density at radius 3 is 2.23 bits per heavy atom. The summed E-state index contributed by atoms with van der Waals surface area (Å²) in [5, 5.41) is 2.02. The predicted octanol–water partition coefficient (Wildman–Crippen LogP) is 6.31. The number of thiophene rings is 1. The van der Waals surface area contributed by atoms with E-state index < -0.39 is 0 Å². The molecule has 0 N–H and O–H groups in total. The van der Waals surface area contributed by atoms with Gasteiger partial charge in [-0.25, -0.2) is 0 Å². The van der Waals surface area contributed by atoms with Crippen LogP contribution in [0, 0.1) is 0 Å². The van der Waals surface area contributed by atoms with Crippen molar-refractivity contribution in [1.29, 1.82) is 0 Å². The lowest BCUT2D eigenvalue weighted by Crippen LogP contribution is -2.44. The second-order valence-electron chi connectivity index (χ2n) is 9.94. The molecule has 0 spiro atoms. The highest BCUT2D eigenvalue weighted by Crippen LogP contribution is 2.30. The van der Waals surface area contributed by atoms with Crippen molar-refractivity contribution >= 4 is 23.2 Å². The molecule has 0 atom stereocenters. The maximum Gasteiger partial charge on any atom is 0.254 e. The van der Waals surface area contributed by atoms with Gasteiger partial charge in [0.05, 0.1) is 20.8 Å². The topological polar surface area (TPSA) is 59.1 Å². The first-order valence-electron chi connectivity index (χ1n) is 13.5. The lowest BCUT2D eigenvalue weighted by Gasteiger charge is -2.28. The monoisotopic (exact) mass is 554 g/mol. The van der Waals surface area contributed by atoms with Crippen molar-refractivity contribution < 1.29 is 19.1 Å². The highest BCUT2D eigenvalue weighted by molar-refractivity contribution is 7.09. The Bertz CT molecular complexity index is 1420. The number of rotatable bonds is 12. The Morgan fingerprint density at radius 2 is 1.57 bits per heavy atom. The van der Waals surface area contributed by atoms with Gasteiger partial charge in [0.15, 0.2) is 11.5 Å². The van der Waals surface area contributed by atoms with E-state index in [-0.39, 0.29) is 24.4 Å². The molecule has 1 heterocycles. The van der Waals surface area contributed by atoms with Crippen LogP contribution >= 0.6 is 11.3 Å². The Balaban J connectivity index is 1.30. The lowest BCUT2D eigenvalue weighted by molar-refractivity contribution is -0.132. The Labute approximate surface area is 239 Å². The fourth-order valence-corrected chi connectivity index (χ4v) is 5.50. The van der Waals surface area contributed by atoms with E-state index in [9.17, 15) is 9.59 Å². The minimum absolute atomic E-state index is 0.0463. The number of benzene rings is 3. The third-order valence-corrected chi connectivity index (χ3v) is 8.05. The van der Waals surface area contributed by atoms with Gasteiger partial charge >= 0.3 is 0 Å². The van der Waals surface area contributed by atoms with Gasteiger partial charge in [-0.2, -0.15) is 0 Å². The maximum atomic E-state index is 13.7. The maximum absolute atomic E-state index is 13.7. The summed E-state index contributed by atoms with van der Waals surface area (Å²) in [7, 11) is 3.23. The number of carbonyl (C=O) groups is 2. The van der Waals surface area contributed by atoms with E-state index in [2.05, 4.69) is 12.1 Å². The Morgan fingerprint density at radius 1 is 0.850 bits per heavy atom. The first kappa shape index (κ1) is 27.5. The number of carbonyl (C=O) groups excluding carboxylic acids is 2. The van der Waals surface area contributed by atoms with Crippen molar-refractivity contribution in [2.45, 2.75) is 31.8 Å². The molecule has 0 radical (unpaired) electrons. The lowest BCUT2D eigenvalue weighted by atomic mass is 10.0. The minimum Gasteiger partial charge on any atom is -0.493 e. The van der Waals surface area contributed by atoms with Crippen molar-refractivity contribution in [3.63, 3.8) is 0 Å². The Kier molecular flexibility index (Phi) is 8.81. The van der Waals surface area contributed by atoms with Crippen LogP contribution in [0.25, 0.3) is 11.1 Å². The smallest absolute Gasteiger partial charge is 0.254 e. The van der Waals surface area contributed by atoms with Crippen molar-refractivity contribution in [3.05, 3.63) is 106 Å². The van der Waals surface area contributed by atoms with E-state index in [1.807, 2.05) is 83.1 Å². The molecule has 1 saturated carbocycles. The molecule has 7 heteroatoms. The van der Waals surface area contributed by atoms with Crippen LogP contribution in [0.5, 0.6) is 11.5 Å². The van der Waals surface area contributed by atoms with Crippen LogP contribution in [0.1, 0.15) is 33.6 Å². The van der Waals surface area contributed by atoms with Gasteiger partial charge in [-0.15, -0.1) is 11.3 Å². The molecule has 206 valence electrons. The summed E-state index contributed by atoms with van der Waals surface area (Å²) in [5.74, 6) is 1.20. The number of methoxy groups -OCH3 is 2. The predicted molar refractivity (Wildman–Crippen MR) is 159 cm³/mol. The van der Waals surface area contributed by atoms with E-state index in [4.69, 9.17) is 9.47 Å². The molecule has 0 aliphatic heterocycles. The van der Waals surface area contributed by atoms with Crippen LogP contribution in [-0.2, 0) is 17.8 Å². The summed E-state index contributed by atoms with van der Waals surface area (Å²) >= 11 is 1.63. The minimum atomic E-state index is -0.0913. The summed E-state index contributed by atoms with van der Waals surface area (Å²) in [6.07, 6.45) is 2.52. The molecule has 6 nitrogen and oxygen atoms in total. The standard InChI is InChI=1S/C33H34N2O4S/c1-38-30-17-10-24(21-31(30)39-2)18-19-34(22-29-9-6-20-40-29)32(36)23-35(28-15-16-28)33(37)27-13-11-26(12-14-27)25-7-4-3-5-8-25/h3-14,17,20-21,28H,15-16,18-19,22-23H2,1-2H3. The zero-order valence-corrected chi connectivity index (χ0v) is 23.7. The van der Waals surface area contributed by atoms with E-state index in [1.54, 1.807) is 30.5 Å². The number of hydrogen-bond acceptors (Lipinski definition) is 5. The van der Waals surface area contributed by atoms with Crippen LogP contribution in [0.4, 0.5) is 0 Å². The van der Waals surface area contributed by atoms with Gasteiger partial charge in [0.1, 0.15) is 6.54 Å². The van der Waals surface area contributed by atoms with Crippen molar-refractivity contribution in [1.82, 2.24) is 9.80 Å². The zero-order chi connectivity index (χ0) is 27.9. The van der Waals surface area contributed by atoms with Gasteiger partial charge < -0.3 is 19.3 Å². The SMILES string of the molecule is COc1ccc(CCN(Cc2cccs2)C(=O)CN(C(=O)c2ccc(-c3ccccc3)cc2)C2CC2)cc1OC. The summed E-state index contributed by atoms with van der Waals surface area (Å²) in [6.45, 7) is 1.12. The van der Waals surface area contributed by atoms with Crippen molar-refractivity contribution in [2.24, 2.45) is 0 Å². The molecule has 2 amide bonds. The van der Waals surface area contributed by atoms with Gasteiger partial charge in [0.25, 0.3) is 5.91 Å². The molecule has 1 aromatic heterocycles. The first-order chi connectivity index (χ1) is 19.6. The van der Waals surface area contributed by atoms with Gasteiger partial charge in [-0.1, -0.05) is 54.6 Å². The molecule has 0 saturated heterocycles. The molecular weight excluding hydrogens is 520 g/mol. The molecule has 0 bridgehead atoms. The molecule has 0 unspecified atom stereocenters. The highest BCUT2D eigenvalue weighted by atomic mass is 32.1. The largest absolute Gasteiger partial charge is 0.493 e. The van der Waals surface area contributed by atoms with Crippen LogP contribution in [0.15, 0.2) is 90.3 Å². The van der Waals surface area contributed by atoms with Crippen LogP contribution in [0.2, 0.25) is 0 Å². The molecule has 1 fully saturated rings. The number of nitrogens with zero attached hydrogens (tertiary/aromatic N) is 2. The van der Waals surface area contributed by atoms with Gasteiger partial charge in [-0.3, -0.25) is 9.59 Å². The molecule has 4 aromatic rings. The molecule has 1 aliphatic carbocycles. The van der Waals surface area contributed by atoms with Crippen molar-refractivity contribution in [3.8, 4) is 22.6 Å². The van der Waals surface area contributed by atoms with E-state index in [0.29, 0.717) is 36.6 Å². The number of amides is 2. The third-order valence-electron chi connectivity index (χ3n) is 7.19. The molecule has 3 aromatic carbocycles. The molecule has 40 heavy (non-hydrogen) atoms. The average molecular weight is 555 g/mol. The zero-order valence-electron chi connectivity index (χ0n) is 22.9. The van der Waals surface area contributed by atoms with Crippen molar-refractivity contribution in [2.75, 3.05) is 27.3 Å². The third kappa shape index (κ3) is 6.72. The van der Waals surface area contributed by atoms with Gasteiger partial charge in [0, 0.05) is 23.0 Å². The molecule has 5 rings (SSSR count). The summed E-state index contributed by atoms with van der Waals surface area (Å²) < 4.78 is 10.8. The first-order valence-corrected chi connectivity index (χ1v) is 14.4. The fraction of sp³-hybridized carbons (Fsp3) is 0.273. The Hall–Kier alpha value is -4.10. The molecule has 1 aliphatic rings. The number of hydrogen-bond donors (Lipinski definition) is 0. The van der Waals surface area contributed by atoms with Crippen LogP contribution in [-0.4, -0.2) is 55.0 Å². The highest BCUT2D eigenvalue weighted by Gasteiger charge is 2.35. The van der Waals surface area contributed by atoms with E-state index >= 15 is 0 Å². The second-order valence-corrected chi connectivity index (χ2v) is 11.0. The second kappa shape index (κ2) is 12.8. The van der Waals surface area contributed by atoms with Crippen LogP contribution in [0.3, 0.4) is 0 Å². The average Bonchev–Trinajstić information content (AvgIpc) is 3.72. The summed E-state index contributed by atoms with van der Waals surface area (Å²) in [5.41, 5.74) is 3.82. The van der Waals surface area contributed by atoms with Gasteiger partial charge in [-0.05, 0) is 71.7 Å². The van der Waals surface area contributed by atoms with E-state index in [1.165, 1.54) is 0 Å². The number of ether oxygens (including phenoxy) is 2. The van der Waals surface area contributed by atoms with Crippen LogP contribution < -0.4 is 9.47 Å². The fourth-order valence-electron chi connectivity index (χ4n) is 4.78. The normalized spacial score (nSPS) is 12.6. The quantitative estimate of drug-likeness (QED) is 0.206.